The average Bonchev–Trinajstić information content (AvgIpc) is 2.55. The van der Waals surface area contributed by atoms with Gasteiger partial charge in [0.1, 0.15) is 5.75 Å². The smallest absolute Gasteiger partial charge is 0.263 e. The molecule has 21 heavy (non-hydrogen) atoms. The Morgan fingerprint density at radius 1 is 1.29 bits per heavy atom. The van der Waals surface area contributed by atoms with Crippen LogP contribution in [-0.2, 0) is 4.79 Å². The SMILES string of the molecule is C[C@@H](Oc1ccc(C#N)cc1)C(=O)N(C)C1CCCCC1. The van der Waals surface area contributed by atoms with Crippen molar-refractivity contribution in [3.8, 4) is 11.8 Å². The summed E-state index contributed by atoms with van der Waals surface area (Å²) in [5, 5.41) is 8.76. The van der Waals surface area contributed by atoms with Crippen molar-refractivity contribution >= 4 is 5.91 Å². The Hall–Kier alpha value is -2.02. The van der Waals surface area contributed by atoms with Crippen molar-refractivity contribution in [2.45, 2.75) is 51.2 Å². The Morgan fingerprint density at radius 2 is 1.90 bits per heavy atom. The van der Waals surface area contributed by atoms with Gasteiger partial charge in [0.2, 0.25) is 0 Å². The van der Waals surface area contributed by atoms with Crippen molar-refractivity contribution in [1.82, 2.24) is 4.90 Å². The van der Waals surface area contributed by atoms with Gasteiger partial charge in [-0.15, -0.1) is 0 Å². The Kier molecular flexibility index (Phi) is 5.21. The number of hydrogen-bond acceptors (Lipinski definition) is 3. The molecule has 1 saturated carbocycles. The minimum atomic E-state index is -0.509. The topological polar surface area (TPSA) is 53.3 Å². The summed E-state index contributed by atoms with van der Waals surface area (Å²) in [6.07, 6.45) is 5.35. The lowest BCUT2D eigenvalue weighted by molar-refractivity contribution is -0.139. The molecule has 4 heteroatoms. The van der Waals surface area contributed by atoms with E-state index < -0.39 is 6.10 Å². The molecule has 1 aliphatic rings. The second-order valence-corrected chi connectivity index (χ2v) is 5.64. The van der Waals surface area contributed by atoms with Gasteiger partial charge in [-0.05, 0) is 44.0 Å². The van der Waals surface area contributed by atoms with Gasteiger partial charge in [-0.25, -0.2) is 0 Å². The van der Waals surface area contributed by atoms with Gasteiger partial charge in [-0.3, -0.25) is 4.79 Å². The highest BCUT2D eigenvalue weighted by molar-refractivity contribution is 5.81. The normalized spacial score (nSPS) is 16.8. The van der Waals surface area contributed by atoms with Crippen LogP contribution >= 0.6 is 0 Å². The summed E-state index contributed by atoms with van der Waals surface area (Å²) < 4.78 is 5.69. The van der Waals surface area contributed by atoms with E-state index in [4.69, 9.17) is 10.00 Å². The zero-order valence-electron chi connectivity index (χ0n) is 12.7. The van der Waals surface area contributed by atoms with Gasteiger partial charge in [0, 0.05) is 13.1 Å². The third-order valence-electron chi connectivity index (χ3n) is 4.11. The first-order chi connectivity index (χ1) is 10.1. The fourth-order valence-electron chi connectivity index (χ4n) is 2.80. The predicted molar refractivity (Wildman–Crippen MR) is 80.9 cm³/mol. The summed E-state index contributed by atoms with van der Waals surface area (Å²) in [6, 6.07) is 9.24. The largest absolute Gasteiger partial charge is 0.481 e. The first kappa shape index (κ1) is 15.4. The van der Waals surface area contributed by atoms with E-state index in [2.05, 4.69) is 6.07 Å². The van der Waals surface area contributed by atoms with E-state index in [-0.39, 0.29) is 5.91 Å². The van der Waals surface area contributed by atoms with Crippen LogP contribution in [0.2, 0.25) is 0 Å². The van der Waals surface area contributed by atoms with Crippen LogP contribution < -0.4 is 4.74 Å². The molecule has 0 heterocycles. The molecule has 0 N–H and O–H groups in total. The van der Waals surface area contributed by atoms with Crippen molar-refractivity contribution < 1.29 is 9.53 Å². The molecule has 112 valence electrons. The van der Waals surface area contributed by atoms with Crippen molar-refractivity contribution in [3.63, 3.8) is 0 Å². The molecule has 2 rings (SSSR count). The van der Waals surface area contributed by atoms with Gasteiger partial charge >= 0.3 is 0 Å². The number of nitrogens with zero attached hydrogens (tertiary/aromatic N) is 2. The highest BCUT2D eigenvalue weighted by Gasteiger charge is 2.26. The molecule has 1 aromatic rings. The third-order valence-corrected chi connectivity index (χ3v) is 4.11. The highest BCUT2D eigenvalue weighted by atomic mass is 16.5. The second-order valence-electron chi connectivity index (χ2n) is 5.64. The quantitative estimate of drug-likeness (QED) is 0.854. The standard InChI is InChI=1S/C17H22N2O2/c1-13(21-16-10-8-14(12-18)9-11-16)17(20)19(2)15-6-4-3-5-7-15/h8-11,13,15H,3-7H2,1-2H3/t13-/m1/s1. The molecular weight excluding hydrogens is 264 g/mol. The van der Waals surface area contributed by atoms with E-state index in [1.54, 1.807) is 31.2 Å². The second kappa shape index (κ2) is 7.12. The van der Waals surface area contributed by atoms with Crippen LogP contribution in [0.3, 0.4) is 0 Å². The van der Waals surface area contributed by atoms with Crippen LogP contribution in [0.5, 0.6) is 5.75 Å². The molecule has 0 saturated heterocycles. The van der Waals surface area contributed by atoms with E-state index in [0.717, 1.165) is 12.8 Å². The maximum absolute atomic E-state index is 12.4. The number of benzene rings is 1. The fraction of sp³-hybridized carbons (Fsp3) is 0.529. The number of ether oxygens (including phenoxy) is 1. The van der Waals surface area contributed by atoms with E-state index in [9.17, 15) is 4.79 Å². The average molecular weight is 286 g/mol. The maximum atomic E-state index is 12.4. The van der Waals surface area contributed by atoms with Crippen LogP contribution in [0.25, 0.3) is 0 Å². The third kappa shape index (κ3) is 3.98. The number of carbonyl (C=O) groups is 1. The monoisotopic (exact) mass is 286 g/mol. The number of nitriles is 1. The predicted octanol–water partition coefficient (Wildman–Crippen LogP) is 3.12. The summed E-state index contributed by atoms with van der Waals surface area (Å²) in [7, 11) is 1.87. The Bertz CT molecular complexity index is 513. The zero-order valence-corrected chi connectivity index (χ0v) is 12.7. The van der Waals surface area contributed by atoms with Gasteiger partial charge in [0.25, 0.3) is 5.91 Å². The van der Waals surface area contributed by atoms with Gasteiger partial charge in [-0.1, -0.05) is 19.3 Å². The van der Waals surface area contributed by atoms with E-state index in [1.165, 1.54) is 19.3 Å². The van der Waals surface area contributed by atoms with Crippen LogP contribution in [0, 0.1) is 11.3 Å². The molecule has 1 aliphatic carbocycles. The summed E-state index contributed by atoms with van der Waals surface area (Å²) in [5.74, 6) is 0.637. The Labute approximate surface area is 126 Å². The summed E-state index contributed by atoms with van der Waals surface area (Å²) in [5.41, 5.74) is 0.584. The first-order valence-electron chi connectivity index (χ1n) is 7.55. The number of likely N-dealkylation sites (N-methyl/N-ethyl adjacent to an activating group) is 1. The summed E-state index contributed by atoms with van der Waals surface area (Å²) in [6.45, 7) is 1.78. The molecule has 0 radical (unpaired) electrons. The summed E-state index contributed by atoms with van der Waals surface area (Å²) in [4.78, 5) is 14.3. The molecule has 0 spiro atoms. The van der Waals surface area contributed by atoms with Gasteiger partial charge < -0.3 is 9.64 Å². The van der Waals surface area contributed by atoms with Crippen molar-refractivity contribution in [3.05, 3.63) is 29.8 Å². The lowest BCUT2D eigenvalue weighted by Crippen LogP contribution is -2.44. The summed E-state index contributed by atoms with van der Waals surface area (Å²) >= 11 is 0. The van der Waals surface area contributed by atoms with Gasteiger partial charge in [0.15, 0.2) is 6.10 Å². The minimum absolute atomic E-state index is 0.0197. The first-order valence-corrected chi connectivity index (χ1v) is 7.55. The van der Waals surface area contributed by atoms with Gasteiger partial charge in [0.05, 0.1) is 11.6 Å². The molecule has 0 bridgehead atoms. The maximum Gasteiger partial charge on any atom is 0.263 e. The molecule has 0 unspecified atom stereocenters. The molecule has 1 amide bonds. The highest BCUT2D eigenvalue weighted by Crippen LogP contribution is 2.22. The van der Waals surface area contributed by atoms with E-state index >= 15 is 0 Å². The molecular formula is C17H22N2O2. The Morgan fingerprint density at radius 3 is 2.48 bits per heavy atom. The van der Waals surface area contributed by atoms with Crippen molar-refractivity contribution in [1.29, 1.82) is 5.26 Å². The Balaban J connectivity index is 1.93. The molecule has 1 aromatic carbocycles. The lowest BCUT2D eigenvalue weighted by atomic mass is 9.94. The lowest BCUT2D eigenvalue weighted by Gasteiger charge is -2.32. The minimum Gasteiger partial charge on any atom is -0.481 e. The molecule has 0 aliphatic heterocycles. The molecule has 1 fully saturated rings. The van der Waals surface area contributed by atoms with E-state index in [0.29, 0.717) is 17.4 Å². The van der Waals surface area contributed by atoms with Gasteiger partial charge in [-0.2, -0.15) is 5.26 Å². The van der Waals surface area contributed by atoms with Crippen LogP contribution in [0.15, 0.2) is 24.3 Å². The van der Waals surface area contributed by atoms with Crippen LogP contribution in [0.4, 0.5) is 0 Å². The van der Waals surface area contributed by atoms with Crippen molar-refractivity contribution in [2.75, 3.05) is 7.05 Å². The number of amides is 1. The van der Waals surface area contributed by atoms with Crippen molar-refractivity contribution in [2.24, 2.45) is 0 Å². The van der Waals surface area contributed by atoms with Crippen LogP contribution in [0.1, 0.15) is 44.6 Å². The molecule has 0 aromatic heterocycles. The van der Waals surface area contributed by atoms with Crippen LogP contribution in [-0.4, -0.2) is 30.0 Å². The molecule has 4 nitrogen and oxygen atoms in total. The molecule has 1 atom stereocenters. The zero-order chi connectivity index (χ0) is 15.2. The number of carbonyl (C=O) groups excluding carboxylic acids is 1. The van der Waals surface area contributed by atoms with E-state index in [1.807, 2.05) is 11.9 Å². The number of rotatable bonds is 4. The fourth-order valence-corrected chi connectivity index (χ4v) is 2.80. The number of hydrogen-bond donors (Lipinski definition) is 0.